The smallest absolute Gasteiger partial charge is 0.282 e. The van der Waals surface area contributed by atoms with Crippen LogP contribution in [0.2, 0.25) is 0 Å². The van der Waals surface area contributed by atoms with Crippen LogP contribution in [0.1, 0.15) is 11.1 Å². The van der Waals surface area contributed by atoms with Gasteiger partial charge in [-0.1, -0.05) is 12.1 Å². The molecule has 0 atom stereocenters. The third-order valence-electron chi connectivity index (χ3n) is 3.03. The lowest BCUT2D eigenvalue weighted by Crippen LogP contribution is -2.21. The summed E-state index contributed by atoms with van der Waals surface area (Å²) in [5.74, 6) is 0.852. The fourth-order valence-electron chi connectivity index (χ4n) is 1.81. The quantitative estimate of drug-likeness (QED) is 0.931. The summed E-state index contributed by atoms with van der Waals surface area (Å²) in [6, 6.07) is 6.01. The van der Waals surface area contributed by atoms with Crippen LogP contribution in [0.3, 0.4) is 0 Å². The Balaban J connectivity index is 2.17. The number of benzene rings is 1. The van der Waals surface area contributed by atoms with Crippen LogP contribution in [0.4, 0.5) is 5.69 Å². The van der Waals surface area contributed by atoms with E-state index in [9.17, 15) is 4.79 Å². The molecule has 106 valence electrons. The van der Waals surface area contributed by atoms with Crippen molar-refractivity contribution in [1.82, 2.24) is 9.78 Å². The van der Waals surface area contributed by atoms with E-state index in [1.807, 2.05) is 25.1 Å². The number of nitrogens with one attached hydrogen (secondary N) is 1. The van der Waals surface area contributed by atoms with Crippen LogP contribution in [-0.2, 0) is 13.6 Å². The molecule has 0 unspecified atom stereocenters. The van der Waals surface area contributed by atoms with Crippen LogP contribution in [0.15, 0.2) is 33.7 Å². The number of methoxy groups -OCH3 is 1. The lowest BCUT2D eigenvalue weighted by Gasteiger charge is -2.11. The van der Waals surface area contributed by atoms with E-state index in [0.29, 0.717) is 16.7 Å². The highest BCUT2D eigenvalue weighted by Crippen LogP contribution is 2.21. The molecule has 0 spiro atoms. The minimum Gasteiger partial charge on any atom is -0.496 e. The van der Waals surface area contributed by atoms with Crippen molar-refractivity contribution in [2.75, 3.05) is 12.4 Å². The first-order valence-corrected chi connectivity index (χ1v) is 6.91. The van der Waals surface area contributed by atoms with Gasteiger partial charge in [0.15, 0.2) is 0 Å². The zero-order valence-corrected chi connectivity index (χ0v) is 13.2. The number of anilines is 1. The van der Waals surface area contributed by atoms with Gasteiger partial charge in [-0.3, -0.25) is 4.79 Å². The van der Waals surface area contributed by atoms with Crippen LogP contribution < -0.4 is 15.6 Å². The summed E-state index contributed by atoms with van der Waals surface area (Å²) in [4.78, 5) is 11.7. The first-order valence-electron chi connectivity index (χ1n) is 6.12. The van der Waals surface area contributed by atoms with E-state index < -0.39 is 0 Å². The second kappa shape index (κ2) is 6.09. The molecule has 0 fully saturated rings. The van der Waals surface area contributed by atoms with Crippen molar-refractivity contribution in [3.05, 3.63) is 50.3 Å². The number of hydrogen-bond acceptors (Lipinski definition) is 4. The van der Waals surface area contributed by atoms with Gasteiger partial charge in [0.1, 0.15) is 10.2 Å². The lowest BCUT2D eigenvalue weighted by atomic mass is 10.1. The molecule has 0 radical (unpaired) electrons. The summed E-state index contributed by atoms with van der Waals surface area (Å²) in [5.41, 5.74) is 2.66. The zero-order chi connectivity index (χ0) is 14.7. The maximum atomic E-state index is 11.7. The molecule has 1 aromatic carbocycles. The summed E-state index contributed by atoms with van der Waals surface area (Å²) < 4.78 is 7.06. The Hall–Kier alpha value is -1.82. The minimum atomic E-state index is -0.170. The number of hydrogen-bond donors (Lipinski definition) is 1. The normalized spacial score (nSPS) is 10.4. The molecular formula is C14H16BrN3O2. The van der Waals surface area contributed by atoms with Crippen molar-refractivity contribution in [2.24, 2.45) is 7.05 Å². The molecule has 1 aromatic heterocycles. The molecule has 0 aliphatic carbocycles. The first kappa shape index (κ1) is 14.6. The number of ether oxygens (including phenoxy) is 1. The topological polar surface area (TPSA) is 56.1 Å². The molecule has 2 rings (SSSR count). The Bertz CT molecular complexity index is 683. The van der Waals surface area contributed by atoms with Crippen molar-refractivity contribution < 1.29 is 4.74 Å². The maximum absolute atomic E-state index is 11.7. The number of nitrogens with zero attached hydrogens (tertiary/aromatic N) is 2. The fourth-order valence-corrected chi connectivity index (χ4v) is 2.30. The molecule has 1 heterocycles. The SMILES string of the molecule is COc1cc(CNc2cnn(C)c(=O)c2Br)ccc1C. The second-order valence-corrected chi connectivity index (χ2v) is 5.25. The molecule has 6 heteroatoms. The zero-order valence-electron chi connectivity index (χ0n) is 11.6. The van der Waals surface area contributed by atoms with Crippen molar-refractivity contribution in [3.8, 4) is 5.75 Å². The van der Waals surface area contributed by atoms with Gasteiger partial charge in [0.2, 0.25) is 0 Å². The molecule has 0 amide bonds. The molecule has 2 aromatic rings. The van der Waals surface area contributed by atoms with E-state index in [-0.39, 0.29) is 5.56 Å². The van der Waals surface area contributed by atoms with Crippen molar-refractivity contribution in [1.29, 1.82) is 0 Å². The maximum Gasteiger partial charge on any atom is 0.282 e. The van der Waals surface area contributed by atoms with Gasteiger partial charge in [0.05, 0.1) is 19.0 Å². The minimum absolute atomic E-state index is 0.170. The van der Waals surface area contributed by atoms with Gasteiger partial charge in [0.25, 0.3) is 5.56 Å². The Morgan fingerprint density at radius 1 is 1.45 bits per heavy atom. The predicted molar refractivity (Wildman–Crippen MR) is 82.2 cm³/mol. The Labute approximate surface area is 125 Å². The molecular weight excluding hydrogens is 322 g/mol. The van der Waals surface area contributed by atoms with Gasteiger partial charge >= 0.3 is 0 Å². The summed E-state index contributed by atoms with van der Waals surface area (Å²) in [5, 5.41) is 7.18. The highest BCUT2D eigenvalue weighted by molar-refractivity contribution is 9.10. The highest BCUT2D eigenvalue weighted by atomic mass is 79.9. The first-order chi connectivity index (χ1) is 9.52. The van der Waals surface area contributed by atoms with E-state index >= 15 is 0 Å². The molecule has 0 saturated carbocycles. The van der Waals surface area contributed by atoms with Crippen molar-refractivity contribution in [3.63, 3.8) is 0 Å². The van der Waals surface area contributed by atoms with E-state index in [1.165, 1.54) is 4.68 Å². The van der Waals surface area contributed by atoms with E-state index in [4.69, 9.17) is 4.74 Å². The Kier molecular flexibility index (Phi) is 4.44. The Morgan fingerprint density at radius 3 is 2.90 bits per heavy atom. The standard InChI is InChI=1S/C14H16BrN3O2/c1-9-4-5-10(6-12(9)20-3)7-16-11-8-17-18(2)14(19)13(11)15/h4-6,8,16H,7H2,1-3H3. The van der Waals surface area contributed by atoms with Gasteiger partial charge in [0, 0.05) is 13.6 Å². The molecule has 0 saturated heterocycles. The molecule has 20 heavy (non-hydrogen) atoms. The predicted octanol–water partition coefficient (Wildman–Crippen LogP) is 2.47. The molecule has 1 N–H and O–H groups in total. The monoisotopic (exact) mass is 337 g/mol. The molecule has 0 bridgehead atoms. The summed E-state index contributed by atoms with van der Waals surface area (Å²) in [7, 11) is 3.27. The Morgan fingerprint density at radius 2 is 2.20 bits per heavy atom. The number of aromatic nitrogens is 2. The van der Waals surface area contributed by atoms with Gasteiger partial charge in [-0.05, 0) is 40.0 Å². The molecule has 0 aliphatic heterocycles. The molecule has 0 aliphatic rings. The van der Waals surface area contributed by atoms with Crippen molar-refractivity contribution >= 4 is 21.6 Å². The second-order valence-electron chi connectivity index (χ2n) is 4.46. The summed E-state index contributed by atoms with van der Waals surface area (Å²) >= 11 is 3.28. The van der Waals surface area contributed by atoms with E-state index in [0.717, 1.165) is 16.9 Å². The van der Waals surface area contributed by atoms with Gasteiger partial charge in [-0.2, -0.15) is 5.10 Å². The van der Waals surface area contributed by atoms with Crippen LogP contribution >= 0.6 is 15.9 Å². The van der Waals surface area contributed by atoms with E-state index in [1.54, 1.807) is 20.4 Å². The summed E-state index contributed by atoms with van der Waals surface area (Å²) in [6.07, 6.45) is 1.62. The van der Waals surface area contributed by atoms with E-state index in [2.05, 4.69) is 26.3 Å². The van der Waals surface area contributed by atoms with Gasteiger partial charge in [-0.25, -0.2) is 4.68 Å². The average Bonchev–Trinajstić information content (AvgIpc) is 2.45. The fraction of sp³-hybridized carbons (Fsp3) is 0.286. The average molecular weight is 338 g/mol. The third kappa shape index (κ3) is 3.01. The largest absolute Gasteiger partial charge is 0.496 e. The summed E-state index contributed by atoms with van der Waals surface area (Å²) in [6.45, 7) is 2.58. The lowest BCUT2D eigenvalue weighted by molar-refractivity contribution is 0.411. The van der Waals surface area contributed by atoms with Crippen LogP contribution in [0, 0.1) is 6.92 Å². The number of rotatable bonds is 4. The van der Waals surface area contributed by atoms with Crippen LogP contribution in [0.25, 0.3) is 0 Å². The van der Waals surface area contributed by atoms with Crippen molar-refractivity contribution in [2.45, 2.75) is 13.5 Å². The third-order valence-corrected chi connectivity index (χ3v) is 3.80. The number of halogens is 1. The number of aryl methyl sites for hydroxylation is 2. The van der Waals surface area contributed by atoms with Crippen LogP contribution in [0.5, 0.6) is 5.75 Å². The highest BCUT2D eigenvalue weighted by Gasteiger charge is 2.07. The molecule has 5 nitrogen and oxygen atoms in total. The van der Waals surface area contributed by atoms with Crippen LogP contribution in [-0.4, -0.2) is 16.9 Å². The van der Waals surface area contributed by atoms with Gasteiger partial charge in [-0.15, -0.1) is 0 Å². The van der Waals surface area contributed by atoms with Gasteiger partial charge < -0.3 is 10.1 Å².